The number of nitrogens with zero attached hydrogens (tertiary/aromatic N) is 4. The Morgan fingerprint density at radius 1 is 1.50 bits per heavy atom. The molecular formula is C11H14N6O. The van der Waals surface area contributed by atoms with Crippen LogP contribution in [0.5, 0.6) is 0 Å². The van der Waals surface area contributed by atoms with Gasteiger partial charge in [0.15, 0.2) is 0 Å². The van der Waals surface area contributed by atoms with Gasteiger partial charge in [-0.3, -0.25) is 14.9 Å². The van der Waals surface area contributed by atoms with E-state index in [0.717, 1.165) is 0 Å². The predicted molar refractivity (Wildman–Crippen MR) is 64.3 cm³/mol. The van der Waals surface area contributed by atoms with Gasteiger partial charge in [0.05, 0.1) is 12.2 Å². The van der Waals surface area contributed by atoms with Gasteiger partial charge in [-0.15, -0.1) is 0 Å². The molecule has 2 heterocycles. The van der Waals surface area contributed by atoms with E-state index in [-0.39, 0.29) is 5.91 Å². The molecule has 0 aromatic carbocycles. The second-order valence-electron chi connectivity index (χ2n) is 3.83. The molecule has 2 aromatic rings. The van der Waals surface area contributed by atoms with Gasteiger partial charge >= 0.3 is 0 Å². The molecule has 0 unspecified atom stereocenters. The summed E-state index contributed by atoms with van der Waals surface area (Å²) in [5, 5.41) is 6.44. The van der Waals surface area contributed by atoms with E-state index in [9.17, 15) is 4.79 Å². The molecule has 94 valence electrons. The summed E-state index contributed by atoms with van der Waals surface area (Å²) in [5.74, 6) is 0.530. The fraction of sp³-hybridized carbons (Fsp3) is 0.273. The van der Waals surface area contributed by atoms with Crippen LogP contribution in [0.1, 0.15) is 21.9 Å². The van der Waals surface area contributed by atoms with E-state index in [1.807, 2.05) is 0 Å². The third-order valence-electron chi connectivity index (χ3n) is 2.47. The lowest BCUT2D eigenvalue weighted by Gasteiger charge is -2.15. The summed E-state index contributed by atoms with van der Waals surface area (Å²) >= 11 is 0. The van der Waals surface area contributed by atoms with E-state index in [2.05, 4.69) is 20.2 Å². The molecule has 0 aliphatic rings. The van der Waals surface area contributed by atoms with Crippen molar-refractivity contribution in [2.75, 3.05) is 7.05 Å². The second-order valence-corrected chi connectivity index (χ2v) is 3.83. The topological polar surface area (TPSA) is 101 Å². The highest BCUT2D eigenvalue weighted by Gasteiger charge is 2.13. The monoisotopic (exact) mass is 246 g/mol. The van der Waals surface area contributed by atoms with E-state index in [0.29, 0.717) is 30.2 Å². The van der Waals surface area contributed by atoms with Crippen LogP contribution >= 0.6 is 0 Å². The maximum Gasteiger partial charge on any atom is 0.254 e. The number of hydrogen-bond donors (Lipinski definition) is 2. The van der Waals surface area contributed by atoms with Gasteiger partial charge in [0, 0.05) is 25.4 Å². The third-order valence-corrected chi connectivity index (χ3v) is 2.47. The predicted octanol–water partition coefficient (Wildman–Crippen LogP) is -0.0694. The molecule has 0 radical (unpaired) electrons. The number of H-pyrrole nitrogens is 1. The van der Waals surface area contributed by atoms with Gasteiger partial charge in [0.25, 0.3) is 5.91 Å². The molecule has 0 fully saturated rings. The van der Waals surface area contributed by atoms with Crippen LogP contribution in [0.15, 0.2) is 24.7 Å². The van der Waals surface area contributed by atoms with Crippen molar-refractivity contribution in [1.82, 2.24) is 25.1 Å². The number of hydrogen-bond acceptors (Lipinski definition) is 5. The van der Waals surface area contributed by atoms with E-state index >= 15 is 0 Å². The van der Waals surface area contributed by atoms with Gasteiger partial charge in [0.2, 0.25) is 0 Å². The molecule has 0 aliphatic carbocycles. The summed E-state index contributed by atoms with van der Waals surface area (Å²) in [6.45, 7) is 0.687. The van der Waals surface area contributed by atoms with Crippen molar-refractivity contribution in [3.05, 3.63) is 41.7 Å². The summed E-state index contributed by atoms with van der Waals surface area (Å²) in [4.78, 5) is 21.7. The molecule has 0 saturated carbocycles. The average molecular weight is 246 g/mol. The van der Waals surface area contributed by atoms with Crippen molar-refractivity contribution in [2.45, 2.75) is 13.1 Å². The lowest BCUT2D eigenvalue weighted by atomic mass is 10.2. The maximum atomic E-state index is 12.1. The van der Waals surface area contributed by atoms with Gasteiger partial charge in [-0.05, 0) is 12.1 Å². The molecule has 7 heteroatoms. The van der Waals surface area contributed by atoms with Crippen LogP contribution in [0.25, 0.3) is 0 Å². The minimum atomic E-state index is -0.108. The van der Waals surface area contributed by atoms with Crippen LogP contribution in [-0.2, 0) is 13.1 Å². The van der Waals surface area contributed by atoms with E-state index in [4.69, 9.17) is 5.73 Å². The molecule has 0 spiro atoms. The SMILES string of the molecule is CN(Cc1ncn[nH]1)C(=O)c1ccnc(CN)c1. The zero-order chi connectivity index (χ0) is 13.0. The Kier molecular flexibility index (Phi) is 3.63. The van der Waals surface area contributed by atoms with Crippen LogP contribution in [0, 0.1) is 0 Å². The summed E-state index contributed by atoms with van der Waals surface area (Å²) in [6.07, 6.45) is 2.99. The van der Waals surface area contributed by atoms with Crippen LogP contribution < -0.4 is 5.73 Å². The van der Waals surface area contributed by atoms with Gasteiger partial charge in [0.1, 0.15) is 12.2 Å². The average Bonchev–Trinajstić information content (AvgIpc) is 2.90. The first-order valence-corrected chi connectivity index (χ1v) is 5.45. The Hall–Kier alpha value is -2.28. The number of nitrogens with two attached hydrogens (primary N) is 1. The highest BCUT2D eigenvalue weighted by atomic mass is 16.2. The lowest BCUT2D eigenvalue weighted by molar-refractivity contribution is 0.0781. The number of rotatable bonds is 4. The van der Waals surface area contributed by atoms with E-state index < -0.39 is 0 Å². The Morgan fingerprint density at radius 2 is 2.33 bits per heavy atom. The minimum Gasteiger partial charge on any atom is -0.334 e. The highest BCUT2D eigenvalue weighted by molar-refractivity contribution is 5.93. The molecule has 2 rings (SSSR count). The largest absolute Gasteiger partial charge is 0.334 e. The Balaban J connectivity index is 2.10. The van der Waals surface area contributed by atoms with E-state index in [1.54, 1.807) is 30.3 Å². The van der Waals surface area contributed by atoms with Crippen molar-refractivity contribution in [3.8, 4) is 0 Å². The number of nitrogens with one attached hydrogen (secondary N) is 1. The second kappa shape index (κ2) is 5.37. The van der Waals surface area contributed by atoms with Crippen molar-refractivity contribution in [1.29, 1.82) is 0 Å². The molecular weight excluding hydrogens is 232 g/mol. The summed E-state index contributed by atoms with van der Waals surface area (Å²) < 4.78 is 0. The molecule has 18 heavy (non-hydrogen) atoms. The first-order chi connectivity index (χ1) is 8.70. The van der Waals surface area contributed by atoms with Crippen molar-refractivity contribution < 1.29 is 4.79 Å². The maximum absolute atomic E-state index is 12.1. The minimum absolute atomic E-state index is 0.108. The number of aromatic amines is 1. The Bertz CT molecular complexity index is 524. The number of carbonyl (C=O) groups excluding carboxylic acids is 1. The molecule has 0 aliphatic heterocycles. The molecule has 7 nitrogen and oxygen atoms in total. The van der Waals surface area contributed by atoms with Crippen molar-refractivity contribution in [3.63, 3.8) is 0 Å². The van der Waals surface area contributed by atoms with Crippen molar-refractivity contribution in [2.24, 2.45) is 5.73 Å². The van der Waals surface area contributed by atoms with Gasteiger partial charge < -0.3 is 10.6 Å². The van der Waals surface area contributed by atoms with Crippen LogP contribution in [0.3, 0.4) is 0 Å². The zero-order valence-electron chi connectivity index (χ0n) is 10.00. The molecule has 1 amide bonds. The first kappa shape index (κ1) is 12.2. The number of pyridine rings is 1. The molecule has 3 N–H and O–H groups in total. The van der Waals surface area contributed by atoms with Crippen LogP contribution in [0.4, 0.5) is 0 Å². The summed E-state index contributed by atoms with van der Waals surface area (Å²) in [7, 11) is 1.70. The lowest BCUT2D eigenvalue weighted by Crippen LogP contribution is -2.27. The number of amides is 1. The van der Waals surface area contributed by atoms with E-state index in [1.165, 1.54) is 6.33 Å². The fourth-order valence-electron chi connectivity index (χ4n) is 1.55. The fourth-order valence-corrected chi connectivity index (χ4v) is 1.55. The van der Waals surface area contributed by atoms with Gasteiger partial charge in [-0.1, -0.05) is 0 Å². The number of aromatic nitrogens is 4. The highest BCUT2D eigenvalue weighted by Crippen LogP contribution is 2.06. The van der Waals surface area contributed by atoms with Crippen LogP contribution in [-0.4, -0.2) is 38.0 Å². The molecule has 2 aromatic heterocycles. The zero-order valence-corrected chi connectivity index (χ0v) is 10.00. The number of carbonyl (C=O) groups is 1. The smallest absolute Gasteiger partial charge is 0.254 e. The Labute approximate surface area is 104 Å². The Morgan fingerprint density at radius 3 is 3.00 bits per heavy atom. The van der Waals surface area contributed by atoms with Gasteiger partial charge in [-0.2, -0.15) is 5.10 Å². The molecule has 0 atom stereocenters. The summed E-state index contributed by atoms with van der Waals surface area (Å²) in [5.41, 5.74) is 6.75. The van der Waals surface area contributed by atoms with Crippen molar-refractivity contribution >= 4 is 5.91 Å². The first-order valence-electron chi connectivity index (χ1n) is 5.45. The molecule has 0 saturated heterocycles. The quantitative estimate of drug-likeness (QED) is 0.786. The standard InChI is InChI=1S/C11H14N6O/c1-17(6-10-14-7-15-16-10)11(18)8-2-3-13-9(4-8)5-12/h2-4,7H,5-6,12H2,1H3,(H,14,15,16). The van der Waals surface area contributed by atoms with Gasteiger partial charge in [-0.25, -0.2) is 4.98 Å². The third kappa shape index (κ3) is 2.69. The normalized spacial score (nSPS) is 10.3. The van der Waals surface area contributed by atoms with Crippen LogP contribution in [0.2, 0.25) is 0 Å². The summed E-state index contributed by atoms with van der Waals surface area (Å²) in [6, 6.07) is 3.36. The molecule has 0 bridgehead atoms.